The van der Waals surface area contributed by atoms with Crippen molar-refractivity contribution in [2.45, 2.75) is 32.5 Å². The second kappa shape index (κ2) is 12.2. The quantitative estimate of drug-likeness (QED) is 0.378. The van der Waals surface area contributed by atoms with Crippen molar-refractivity contribution in [1.29, 1.82) is 0 Å². The number of hydrogen-bond acceptors (Lipinski definition) is 6. The maximum absolute atomic E-state index is 12.9. The minimum atomic E-state index is -1.10. The molecule has 0 aliphatic heterocycles. The summed E-state index contributed by atoms with van der Waals surface area (Å²) in [6.07, 6.45) is 1.26. The molecule has 0 aliphatic rings. The average molecular weight is 499 g/mol. The van der Waals surface area contributed by atoms with Crippen LogP contribution in [0, 0.1) is 0 Å². The van der Waals surface area contributed by atoms with E-state index >= 15 is 0 Å². The number of carboxylic acid groups (broad SMARTS) is 1. The summed E-state index contributed by atoms with van der Waals surface area (Å²) in [5, 5.41) is 12.3. The van der Waals surface area contributed by atoms with Crippen LogP contribution in [-0.2, 0) is 11.2 Å². The number of benzene rings is 2. The van der Waals surface area contributed by atoms with Crippen LogP contribution in [0.15, 0.2) is 60.8 Å². The number of nitrogens with zero attached hydrogens (tertiary/aromatic N) is 1. The minimum Gasteiger partial charge on any atom is -0.490 e. The highest BCUT2D eigenvalue weighted by Gasteiger charge is 2.16. The molecule has 3 rings (SSSR count). The summed E-state index contributed by atoms with van der Waals surface area (Å²) < 4.78 is 17.2. The smallest absolute Gasteiger partial charge is 0.337 e. The Hall–Kier alpha value is -3.62. The van der Waals surface area contributed by atoms with Gasteiger partial charge in [0.25, 0.3) is 5.91 Å². The Bertz CT molecular complexity index is 1170. The molecular formula is C26H27ClN2O6. The van der Waals surface area contributed by atoms with Gasteiger partial charge >= 0.3 is 5.97 Å². The van der Waals surface area contributed by atoms with Gasteiger partial charge < -0.3 is 24.6 Å². The lowest BCUT2D eigenvalue weighted by Crippen LogP contribution is -2.20. The highest BCUT2D eigenvalue weighted by atomic mass is 35.5. The molecular weight excluding hydrogens is 472 g/mol. The number of nitrogens with one attached hydrogen (secondary N) is 1. The van der Waals surface area contributed by atoms with E-state index in [0.717, 1.165) is 5.56 Å². The number of aromatic nitrogens is 1. The molecule has 2 aromatic carbocycles. The van der Waals surface area contributed by atoms with Gasteiger partial charge in [-0.3, -0.25) is 4.79 Å². The monoisotopic (exact) mass is 498 g/mol. The lowest BCUT2D eigenvalue weighted by atomic mass is 10.1. The number of carbonyl (C=O) groups is 2. The summed E-state index contributed by atoms with van der Waals surface area (Å²) in [6, 6.07) is 15.3. The van der Waals surface area contributed by atoms with Gasteiger partial charge in [0.1, 0.15) is 23.4 Å². The Balaban J connectivity index is 1.81. The van der Waals surface area contributed by atoms with Crippen LogP contribution in [0.2, 0.25) is 5.02 Å². The molecule has 0 saturated carbocycles. The maximum atomic E-state index is 12.9. The van der Waals surface area contributed by atoms with E-state index in [1.165, 1.54) is 18.3 Å². The van der Waals surface area contributed by atoms with Crippen molar-refractivity contribution >= 4 is 29.3 Å². The molecule has 8 nitrogen and oxygen atoms in total. The Labute approximate surface area is 208 Å². The first-order valence-corrected chi connectivity index (χ1v) is 11.3. The van der Waals surface area contributed by atoms with Crippen LogP contribution in [-0.4, -0.2) is 47.9 Å². The van der Waals surface area contributed by atoms with Gasteiger partial charge in [0, 0.05) is 36.4 Å². The van der Waals surface area contributed by atoms with Crippen LogP contribution >= 0.6 is 11.6 Å². The summed E-state index contributed by atoms with van der Waals surface area (Å²) in [7, 11) is 1.58. The van der Waals surface area contributed by atoms with Crippen molar-refractivity contribution in [1.82, 2.24) is 4.98 Å². The number of rotatable bonds is 11. The molecule has 0 aliphatic carbocycles. The van der Waals surface area contributed by atoms with Crippen molar-refractivity contribution in [3.8, 4) is 11.5 Å². The molecule has 2 N–H and O–H groups in total. The minimum absolute atomic E-state index is 0.0220. The maximum Gasteiger partial charge on any atom is 0.337 e. The van der Waals surface area contributed by atoms with Crippen molar-refractivity contribution in [2.24, 2.45) is 0 Å². The molecule has 1 heterocycles. The first kappa shape index (κ1) is 26.0. The van der Waals surface area contributed by atoms with Gasteiger partial charge in [0.05, 0.1) is 18.3 Å². The van der Waals surface area contributed by atoms with Gasteiger partial charge in [-0.2, -0.15) is 0 Å². The fraction of sp³-hybridized carbons (Fsp3) is 0.269. The Morgan fingerprint density at radius 1 is 1.00 bits per heavy atom. The molecule has 2 atom stereocenters. The second-order valence-corrected chi connectivity index (χ2v) is 8.40. The van der Waals surface area contributed by atoms with Crippen molar-refractivity contribution < 1.29 is 28.9 Å². The largest absolute Gasteiger partial charge is 0.490 e. The van der Waals surface area contributed by atoms with E-state index in [0.29, 0.717) is 29.5 Å². The Kier molecular flexibility index (Phi) is 9.05. The zero-order chi connectivity index (χ0) is 25.4. The summed E-state index contributed by atoms with van der Waals surface area (Å²) in [6.45, 7) is 4.14. The van der Waals surface area contributed by atoms with Gasteiger partial charge in [0.2, 0.25) is 0 Å². The van der Waals surface area contributed by atoms with E-state index < -0.39 is 11.9 Å². The lowest BCUT2D eigenvalue weighted by molar-refractivity contribution is 0.0696. The number of hydrogen-bond donors (Lipinski definition) is 2. The number of amides is 1. The van der Waals surface area contributed by atoms with Crippen molar-refractivity contribution in [2.75, 3.05) is 19.0 Å². The van der Waals surface area contributed by atoms with Crippen LogP contribution < -0.4 is 14.8 Å². The van der Waals surface area contributed by atoms with Gasteiger partial charge in [-0.1, -0.05) is 29.8 Å². The molecule has 184 valence electrons. The van der Waals surface area contributed by atoms with E-state index in [4.69, 9.17) is 30.9 Å². The number of ether oxygens (including phenoxy) is 3. The first-order valence-electron chi connectivity index (χ1n) is 11.0. The Morgan fingerprint density at radius 2 is 1.69 bits per heavy atom. The lowest BCUT2D eigenvalue weighted by Gasteiger charge is -2.19. The predicted molar refractivity (Wildman–Crippen MR) is 133 cm³/mol. The van der Waals surface area contributed by atoms with Crippen LogP contribution in [0.5, 0.6) is 11.5 Å². The third-order valence-corrected chi connectivity index (χ3v) is 5.30. The van der Waals surface area contributed by atoms with Crippen LogP contribution in [0.1, 0.15) is 40.1 Å². The molecule has 0 bridgehead atoms. The highest BCUT2D eigenvalue weighted by Crippen LogP contribution is 2.27. The number of anilines is 1. The predicted octanol–water partition coefficient (Wildman–Crippen LogP) is 5.11. The van der Waals surface area contributed by atoms with E-state index in [1.807, 2.05) is 38.1 Å². The third-order valence-electron chi connectivity index (χ3n) is 4.94. The fourth-order valence-electron chi connectivity index (χ4n) is 3.37. The molecule has 9 heteroatoms. The number of carbonyl (C=O) groups excluding carboxylic acids is 1. The van der Waals surface area contributed by atoms with Gasteiger partial charge in [-0.05, 0) is 49.7 Å². The summed E-state index contributed by atoms with van der Waals surface area (Å²) in [4.78, 5) is 27.9. The normalized spacial score (nSPS) is 12.5. The second-order valence-electron chi connectivity index (χ2n) is 7.99. The number of halogens is 1. The SMILES string of the molecule is COC[C@H](C)Oc1cc(O[C@@H](C)Cc2ccccc2Cl)cc(C(=O)Nc2ccc(C(=O)O)cn2)c1. The number of methoxy groups -OCH3 is 1. The van der Waals surface area contributed by atoms with Crippen molar-refractivity contribution in [3.05, 3.63) is 82.5 Å². The first-order chi connectivity index (χ1) is 16.7. The molecule has 1 amide bonds. The van der Waals surface area contributed by atoms with E-state index in [-0.39, 0.29) is 29.2 Å². The standard InChI is InChI=1S/C26H27ClN2O6/c1-16(10-18-6-4-5-7-23(18)27)34-21-11-20(12-22(13-21)35-17(2)15-33-3)25(30)29-24-9-8-19(14-28-24)26(31)32/h4-9,11-14,16-17H,10,15H2,1-3H3,(H,31,32)(H,28,29,30)/t16-,17-/m0/s1. The zero-order valence-electron chi connectivity index (χ0n) is 19.7. The molecule has 0 spiro atoms. The summed E-state index contributed by atoms with van der Waals surface area (Å²) >= 11 is 6.28. The molecule has 0 radical (unpaired) electrons. The number of pyridine rings is 1. The van der Waals surface area contributed by atoms with Gasteiger partial charge in [-0.15, -0.1) is 0 Å². The Morgan fingerprint density at radius 3 is 2.29 bits per heavy atom. The molecule has 35 heavy (non-hydrogen) atoms. The summed E-state index contributed by atoms with van der Waals surface area (Å²) in [5.74, 6) is -0.442. The van der Waals surface area contributed by atoms with Gasteiger partial charge in [-0.25, -0.2) is 9.78 Å². The van der Waals surface area contributed by atoms with E-state index in [9.17, 15) is 9.59 Å². The van der Waals surface area contributed by atoms with Crippen LogP contribution in [0.25, 0.3) is 0 Å². The molecule has 0 unspecified atom stereocenters. The molecule has 0 saturated heterocycles. The van der Waals surface area contributed by atoms with E-state index in [2.05, 4.69) is 10.3 Å². The van der Waals surface area contributed by atoms with Gasteiger partial charge in [0.15, 0.2) is 0 Å². The molecule has 3 aromatic rings. The number of aromatic carboxylic acids is 1. The molecule has 1 aromatic heterocycles. The number of carboxylic acids is 1. The van der Waals surface area contributed by atoms with Crippen molar-refractivity contribution in [3.63, 3.8) is 0 Å². The highest BCUT2D eigenvalue weighted by molar-refractivity contribution is 6.31. The fourth-order valence-corrected chi connectivity index (χ4v) is 3.58. The molecule has 0 fully saturated rings. The van der Waals surface area contributed by atoms with E-state index in [1.54, 1.807) is 25.3 Å². The summed E-state index contributed by atoms with van der Waals surface area (Å²) in [5.41, 5.74) is 1.27. The zero-order valence-corrected chi connectivity index (χ0v) is 20.4. The average Bonchev–Trinajstić information content (AvgIpc) is 2.81. The van der Waals surface area contributed by atoms with Crippen LogP contribution in [0.3, 0.4) is 0 Å². The third kappa shape index (κ3) is 7.70. The topological polar surface area (TPSA) is 107 Å². The van der Waals surface area contributed by atoms with Crippen LogP contribution in [0.4, 0.5) is 5.82 Å².